The number of amides is 1. The van der Waals surface area contributed by atoms with Crippen LogP contribution in [0.15, 0.2) is 36.5 Å². The summed E-state index contributed by atoms with van der Waals surface area (Å²) in [6.07, 6.45) is 1.65. The highest BCUT2D eigenvalue weighted by Crippen LogP contribution is 2.18. The van der Waals surface area contributed by atoms with Gasteiger partial charge in [-0.1, -0.05) is 0 Å². The summed E-state index contributed by atoms with van der Waals surface area (Å²) in [4.78, 5) is 16.8. The quantitative estimate of drug-likeness (QED) is 0.927. The zero-order valence-corrected chi connectivity index (χ0v) is 13.9. The van der Waals surface area contributed by atoms with E-state index in [0.717, 1.165) is 31.9 Å². The number of hydrogen-bond donors (Lipinski definition) is 1. The Kier molecular flexibility index (Phi) is 4.80. The van der Waals surface area contributed by atoms with E-state index in [4.69, 9.17) is 0 Å². The summed E-state index contributed by atoms with van der Waals surface area (Å²) < 4.78 is 14.7. The lowest BCUT2D eigenvalue weighted by Crippen LogP contribution is -2.52. The van der Waals surface area contributed by atoms with Crippen molar-refractivity contribution in [2.75, 3.05) is 36.4 Å². The molecule has 1 aromatic carbocycles. The Balaban J connectivity index is 1.54. The van der Waals surface area contributed by atoms with Gasteiger partial charge in [0, 0.05) is 45.0 Å². The van der Waals surface area contributed by atoms with Crippen LogP contribution in [0, 0.1) is 5.82 Å². The van der Waals surface area contributed by atoms with Gasteiger partial charge in [-0.25, -0.2) is 4.39 Å². The van der Waals surface area contributed by atoms with Crippen LogP contribution in [-0.2, 0) is 11.8 Å². The van der Waals surface area contributed by atoms with Crippen molar-refractivity contribution in [3.05, 3.63) is 42.3 Å². The highest BCUT2D eigenvalue weighted by atomic mass is 19.1. The van der Waals surface area contributed by atoms with Gasteiger partial charge in [0.05, 0.1) is 12.2 Å². The van der Waals surface area contributed by atoms with Crippen LogP contribution in [0.4, 0.5) is 15.9 Å². The van der Waals surface area contributed by atoms with Gasteiger partial charge in [-0.2, -0.15) is 5.10 Å². The topological polar surface area (TPSA) is 53.4 Å². The first-order chi connectivity index (χ1) is 11.5. The molecule has 1 aliphatic rings. The second kappa shape index (κ2) is 7.00. The van der Waals surface area contributed by atoms with Gasteiger partial charge in [-0.3, -0.25) is 14.4 Å². The molecule has 0 spiro atoms. The van der Waals surface area contributed by atoms with Crippen molar-refractivity contribution in [1.29, 1.82) is 0 Å². The fourth-order valence-corrected chi connectivity index (χ4v) is 2.91. The molecule has 1 unspecified atom stereocenters. The maximum Gasteiger partial charge on any atom is 0.242 e. The standard InChI is InChI=1S/C17H22FN5O/c1-13(17(24)20-16-7-8-19-21(16)2)22-9-11-23(12-10-22)15-5-3-14(18)4-6-15/h3-8,13H,9-12H2,1-2H3,(H,20,24). The molecule has 3 rings (SSSR count). The van der Waals surface area contributed by atoms with E-state index in [0.29, 0.717) is 5.82 Å². The van der Waals surface area contributed by atoms with Crippen molar-refractivity contribution in [3.8, 4) is 0 Å². The maximum absolute atomic E-state index is 13.0. The first kappa shape index (κ1) is 16.4. The number of benzene rings is 1. The Morgan fingerprint density at radius 2 is 1.83 bits per heavy atom. The molecular weight excluding hydrogens is 309 g/mol. The van der Waals surface area contributed by atoms with Crippen LogP contribution in [0.25, 0.3) is 0 Å². The first-order valence-corrected chi connectivity index (χ1v) is 8.08. The lowest BCUT2D eigenvalue weighted by molar-refractivity contribution is -0.120. The predicted molar refractivity (Wildman–Crippen MR) is 91.5 cm³/mol. The van der Waals surface area contributed by atoms with Crippen molar-refractivity contribution in [2.45, 2.75) is 13.0 Å². The van der Waals surface area contributed by atoms with E-state index in [9.17, 15) is 9.18 Å². The minimum absolute atomic E-state index is 0.0335. The molecule has 0 bridgehead atoms. The molecule has 0 saturated carbocycles. The van der Waals surface area contributed by atoms with Crippen molar-refractivity contribution in [1.82, 2.24) is 14.7 Å². The fourth-order valence-electron chi connectivity index (χ4n) is 2.91. The van der Waals surface area contributed by atoms with Crippen LogP contribution in [0.2, 0.25) is 0 Å². The Bertz CT molecular complexity index is 691. The molecule has 1 aromatic heterocycles. The molecule has 7 heteroatoms. The smallest absolute Gasteiger partial charge is 0.242 e. The molecule has 1 fully saturated rings. The minimum atomic E-state index is -0.224. The Hall–Kier alpha value is -2.41. The van der Waals surface area contributed by atoms with Crippen LogP contribution >= 0.6 is 0 Å². The second-order valence-corrected chi connectivity index (χ2v) is 6.00. The van der Waals surface area contributed by atoms with E-state index in [-0.39, 0.29) is 17.8 Å². The average Bonchev–Trinajstić information content (AvgIpc) is 3.00. The van der Waals surface area contributed by atoms with Crippen molar-refractivity contribution in [2.24, 2.45) is 7.05 Å². The molecule has 2 heterocycles. The monoisotopic (exact) mass is 331 g/mol. The fraction of sp³-hybridized carbons (Fsp3) is 0.412. The van der Waals surface area contributed by atoms with Crippen molar-refractivity contribution >= 4 is 17.4 Å². The number of nitrogens with one attached hydrogen (secondary N) is 1. The lowest BCUT2D eigenvalue weighted by Gasteiger charge is -2.38. The number of nitrogens with zero attached hydrogens (tertiary/aromatic N) is 4. The van der Waals surface area contributed by atoms with Crippen LogP contribution in [-0.4, -0.2) is 52.8 Å². The zero-order valence-electron chi connectivity index (χ0n) is 13.9. The van der Waals surface area contributed by atoms with Crippen molar-refractivity contribution in [3.63, 3.8) is 0 Å². The molecule has 1 amide bonds. The number of piperazine rings is 1. The SMILES string of the molecule is CC(C(=O)Nc1ccnn1C)N1CCN(c2ccc(F)cc2)CC1. The number of anilines is 2. The number of carbonyl (C=O) groups excluding carboxylic acids is 1. The number of aromatic nitrogens is 2. The average molecular weight is 331 g/mol. The van der Waals surface area contributed by atoms with Gasteiger partial charge in [-0.05, 0) is 31.2 Å². The van der Waals surface area contributed by atoms with Gasteiger partial charge in [0.1, 0.15) is 11.6 Å². The Morgan fingerprint density at radius 1 is 1.17 bits per heavy atom. The number of rotatable bonds is 4. The predicted octanol–water partition coefficient (Wildman–Crippen LogP) is 1.71. The molecule has 1 atom stereocenters. The van der Waals surface area contributed by atoms with Gasteiger partial charge in [0.25, 0.3) is 0 Å². The van der Waals surface area contributed by atoms with Gasteiger partial charge in [0.2, 0.25) is 5.91 Å². The van der Waals surface area contributed by atoms with Crippen LogP contribution in [0.5, 0.6) is 0 Å². The molecule has 6 nitrogen and oxygen atoms in total. The minimum Gasteiger partial charge on any atom is -0.369 e. The van der Waals surface area contributed by atoms with Gasteiger partial charge < -0.3 is 10.2 Å². The van der Waals surface area contributed by atoms with E-state index >= 15 is 0 Å². The highest BCUT2D eigenvalue weighted by Gasteiger charge is 2.26. The van der Waals surface area contributed by atoms with Crippen LogP contribution in [0.1, 0.15) is 6.92 Å². The number of carbonyl (C=O) groups is 1. The summed E-state index contributed by atoms with van der Waals surface area (Å²) >= 11 is 0. The molecule has 1 N–H and O–H groups in total. The molecule has 24 heavy (non-hydrogen) atoms. The molecule has 1 saturated heterocycles. The van der Waals surface area contributed by atoms with E-state index in [1.165, 1.54) is 12.1 Å². The van der Waals surface area contributed by atoms with E-state index < -0.39 is 0 Å². The second-order valence-electron chi connectivity index (χ2n) is 6.00. The van der Waals surface area contributed by atoms with E-state index in [1.807, 2.05) is 6.92 Å². The summed E-state index contributed by atoms with van der Waals surface area (Å²) in [6, 6.07) is 8.11. The third-order valence-corrected chi connectivity index (χ3v) is 4.51. The molecule has 2 aromatic rings. The molecule has 128 valence electrons. The lowest BCUT2D eigenvalue weighted by atomic mass is 10.2. The van der Waals surface area contributed by atoms with E-state index in [1.54, 1.807) is 36.1 Å². The number of aryl methyl sites for hydroxylation is 1. The normalized spacial score (nSPS) is 16.9. The first-order valence-electron chi connectivity index (χ1n) is 8.08. The van der Waals surface area contributed by atoms with Gasteiger partial charge >= 0.3 is 0 Å². The summed E-state index contributed by atoms with van der Waals surface area (Å²) in [5.41, 5.74) is 1.02. The summed E-state index contributed by atoms with van der Waals surface area (Å²) in [6.45, 7) is 5.12. The maximum atomic E-state index is 13.0. The third kappa shape index (κ3) is 3.56. The van der Waals surface area contributed by atoms with Crippen molar-refractivity contribution < 1.29 is 9.18 Å². The number of hydrogen-bond acceptors (Lipinski definition) is 4. The van der Waals surface area contributed by atoms with E-state index in [2.05, 4.69) is 20.2 Å². The molecule has 1 aliphatic heterocycles. The molecule has 0 radical (unpaired) electrons. The van der Waals surface area contributed by atoms with Crippen LogP contribution in [0.3, 0.4) is 0 Å². The zero-order chi connectivity index (χ0) is 17.1. The Labute approximate surface area is 140 Å². The van der Waals surface area contributed by atoms with Crippen LogP contribution < -0.4 is 10.2 Å². The highest BCUT2D eigenvalue weighted by molar-refractivity contribution is 5.93. The largest absolute Gasteiger partial charge is 0.369 e. The molecule has 0 aliphatic carbocycles. The summed E-state index contributed by atoms with van der Waals surface area (Å²) in [7, 11) is 1.79. The number of halogens is 1. The third-order valence-electron chi connectivity index (χ3n) is 4.51. The Morgan fingerprint density at radius 3 is 2.42 bits per heavy atom. The summed E-state index contributed by atoms with van der Waals surface area (Å²) in [5.74, 6) is 0.434. The van der Waals surface area contributed by atoms with Gasteiger partial charge in [-0.15, -0.1) is 0 Å². The summed E-state index contributed by atoms with van der Waals surface area (Å²) in [5, 5.41) is 6.95. The molecular formula is C17H22FN5O. The van der Waals surface area contributed by atoms with Gasteiger partial charge in [0.15, 0.2) is 0 Å².